The molecule has 1 aliphatic heterocycles. The van der Waals surface area contributed by atoms with Gasteiger partial charge in [0.2, 0.25) is 0 Å². The summed E-state index contributed by atoms with van der Waals surface area (Å²) in [6.07, 6.45) is 4.01. The van der Waals surface area contributed by atoms with E-state index in [0.717, 1.165) is 27.7 Å². The van der Waals surface area contributed by atoms with Crippen LogP contribution in [0, 0.1) is 0 Å². The fourth-order valence-corrected chi connectivity index (χ4v) is 4.56. The number of nitrogens with zero attached hydrogens (tertiary/aromatic N) is 2. The summed E-state index contributed by atoms with van der Waals surface area (Å²) in [6.45, 7) is 0. The van der Waals surface area contributed by atoms with Gasteiger partial charge in [0.15, 0.2) is 23.0 Å². The van der Waals surface area contributed by atoms with Crippen LogP contribution < -0.4 is 29.4 Å². The third kappa shape index (κ3) is 3.85. The smallest absolute Gasteiger partial charge is 0.162 e. The number of fused-ring (bicyclic) bond motifs is 2. The van der Waals surface area contributed by atoms with Crippen LogP contribution in [0.1, 0.15) is 17.5 Å². The summed E-state index contributed by atoms with van der Waals surface area (Å²) in [6, 6.07) is 17.0. The number of methoxy groups -OCH3 is 4. The molecule has 2 heterocycles. The summed E-state index contributed by atoms with van der Waals surface area (Å²) >= 11 is 0. The van der Waals surface area contributed by atoms with Gasteiger partial charge >= 0.3 is 0 Å². The summed E-state index contributed by atoms with van der Waals surface area (Å²) < 4.78 is 28.5. The van der Waals surface area contributed by atoms with Gasteiger partial charge in [-0.1, -0.05) is 18.2 Å². The minimum atomic E-state index is -0.906. The summed E-state index contributed by atoms with van der Waals surface area (Å²) in [7, 11) is 6.39. The third-order valence-electron chi connectivity index (χ3n) is 6.42. The van der Waals surface area contributed by atoms with Gasteiger partial charge in [0.05, 0.1) is 45.2 Å². The number of rotatable bonds is 7. The zero-order valence-electron chi connectivity index (χ0n) is 20.6. The molecule has 0 spiro atoms. The van der Waals surface area contributed by atoms with Crippen LogP contribution in [0.4, 0.5) is 5.69 Å². The number of pyridine rings is 1. The largest absolute Gasteiger partial charge is 0.493 e. The van der Waals surface area contributed by atoms with E-state index < -0.39 is 5.54 Å². The zero-order chi connectivity index (χ0) is 25.3. The van der Waals surface area contributed by atoms with Crippen LogP contribution in [0.3, 0.4) is 0 Å². The molecule has 0 amide bonds. The van der Waals surface area contributed by atoms with Crippen LogP contribution in [0.25, 0.3) is 10.9 Å². The molecule has 1 unspecified atom stereocenters. The fourth-order valence-electron chi connectivity index (χ4n) is 4.56. The lowest BCUT2D eigenvalue weighted by Gasteiger charge is -2.34. The normalized spacial score (nSPS) is 16.4. The first-order valence-electron chi connectivity index (χ1n) is 11.4. The van der Waals surface area contributed by atoms with E-state index in [0.29, 0.717) is 40.9 Å². The Balaban J connectivity index is 1.63. The van der Waals surface area contributed by atoms with E-state index in [2.05, 4.69) is 9.98 Å². The Bertz CT molecular complexity index is 1470. The first-order valence-corrected chi connectivity index (χ1v) is 11.4. The Hall–Kier alpha value is -4.30. The molecular weight excluding hydrogens is 458 g/mol. The number of hydrogen-bond acceptors (Lipinski definition) is 8. The summed E-state index contributed by atoms with van der Waals surface area (Å²) in [5, 5.41) is 0.785. The predicted molar refractivity (Wildman–Crippen MR) is 139 cm³/mol. The van der Waals surface area contributed by atoms with Crippen molar-refractivity contribution in [2.75, 3.05) is 28.4 Å². The molecule has 0 bridgehead atoms. The van der Waals surface area contributed by atoms with Crippen molar-refractivity contribution < 1.29 is 23.7 Å². The van der Waals surface area contributed by atoms with Gasteiger partial charge < -0.3 is 29.4 Å². The van der Waals surface area contributed by atoms with Crippen LogP contribution >= 0.6 is 0 Å². The maximum Gasteiger partial charge on any atom is 0.162 e. The van der Waals surface area contributed by atoms with Crippen LogP contribution in [0.15, 0.2) is 65.8 Å². The van der Waals surface area contributed by atoms with Gasteiger partial charge in [-0.3, -0.25) is 9.98 Å². The average Bonchev–Trinajstić information content (AvgIpc) is 2.92. The van der Waals surface area contributed by atoms with Crippen molar-refractivity contribution in [1.29, 1.82) is 0 Å². The molecule has 1 aliphatic rings. The van der Waals surface area contributed by atoms with E-state index in [9.17, 15) is 0 Å². The number of hydrogen-bond donors (Lipinski definition) is 1. The van der Waals surface area contributed by atoms with E-state index >= 15 is 0 Å². The summed E-state index contributed by atoms with van der Waals surface area (Å²) in [4.78, 5) is 9.05. The molecule has 5 rings (SSSR count). The quantitative estimate of drug-likeness (QED) is 0.376. The van der Waals surface area contributed by atoms with E-state index in [1.54, 1.807) is 34.6 Å². The van der Waals surface area contributed by atoms with E-state index in [1.165, 1.54) is 0 Å². The maximum absolute atomic E-state index is 7.14. The van der Waals surface area contributed by atoms with Gasteiger partial charge in [0.25, 0.3) is 0 Å². The second kappa shape index (κ2) is 9.39. The molecule has 0 saturated heterocycles. The van der Waals surface area contributed by atoms with Crippen molar-refractivity contribution in [2.45, 2.75) is 12.0 Å². The highest BCUT2D eigenvalue weighted by Gasteiger charge is 2.37. The molecule has 0 aliphatic carbocycles. The summed E-state index contributed by atoms with van der Waals surface area (Å²) in [5.41, 5.74) is 9.32. The SMILES string of the molecule is COc1cc2c(cc1OC)C(N)(c1ccccc1Oc1ccnc3cc(OC)c(OC)cc13)CC=N2. The number of aromatic nitrogens is 1. The van der Waals surface area contributed by atoms with Crippen LogP contribution in [0.5, 0.6) is 34.5 Å². The van der Waals surface area contributed by atoms with Crippen LogP contribution in [0.2, 0.25) is 0 Å². The lowest BCUT2D eigenvalue weighted by Crippen LogP contribution is -2.40. The first kappa shape index (κ1) is 23.4. The molecule has 184 valence electrons. The molecule has 3 aromatic carbocycles. The predicted octanol–water partition coefficient (Wildman–Crippen LogP) is 5.37. The van der Waals surface area contributed by atoms with Gasteiger partial charge in [0.1, 0.15) is 11.5 Å². The first-order chi connectivity index (χ1) is 17.5. The van der Waals surface area contributed by atoms with Crippen molar-refractivity contribution in [1.82, 2.24) is 4.98 Å². The van der Waals surface area contributed by atoms with E-state index in [4.69, 9.17) is 29.4 Å². The van der Waals surface area contributed by atoms with Crippen molar-refractivity contribution in [3.8, 4) is 34.5 Å². The molecule has 4 aromatic rings. The Morgan fingerprint density at radius 1 is 0.722 bits per heavy atom. The highest BCUT2D eigenvalue weighted by atomic mass is 16.5. The highest BCUT2D eigenvalue weighted by molar-refractivity contribution is 5.88. The number of para-hydroxylation sites is 1. The van der Waals surface area contributed by atoms with Gasteiger partial charge in [-0.2, -0.15) is 0 Å². The zero-order valence-corrected chi connectivity index (χ0v) is 20.6. The Morgan fingerprint density at radius 3 is 2.14 bits per heavy atom. The van der Waals surface area contributed by atoms with Crippen LogP contribution in [-0.2, 0) is 5.54 Å². The topological polar surface area (TPSA) is 97.4 Å². The Kier molecular flexibility index (Phi) is 6.12. The average molecular weight is 486 g/mol. The minimum Gasteiger partial charge on any atom is -0.493 e. The maximum atomic E-state index is 7.14. The minimum absolute atomic E-state index is 0.484. The van der Waals surface area contributed by atoms with Gasteiger partial charge in [0, 0.05) is 47.5 Å². The second-order valence-electron chi connectivity index (χ2n) is 8.34. The molecule has 8 nitrogen and oxygen atoms in total. The van der Waals surface area contributed by atoms with Gasteiger partial charge in [-0.25, -0.2) is 0 Å². The molecule has 1 aromatic heterocycles. The Morgan fingerprint density at radius 2 is 1.39 bits per heavy atom. The molecule has 0 radical (unpaired) electrons. The molecular formula is C28H27N3O5. The molecule has 1 atom stereocenters. The number of nitrogens with two attached hydrogens (primary N) is 1. The lowest BCUT2D eigenvalue weighted by atomic mass is 9.78. The van der Waals surface area contributed by atoms with Crippen molar-refractivity contribution in [3.63, 3.8) is 0 Å². The van der Waals surface area contributed by atoms with Crippen molar-refractivity contribution in [3.05, 3.63) is 71.9 Å². The standard InChI is InChI=1S/C28H27N3O5/c1-32-24-13-17-20(15-26(24)34-3)30-11-9-22(17)36-23-8-6-5-7-18(23)28(29)10-12-31-21-16-27(35-4)25(33-2)14-19(21)28/h5-9,11-16H,10,29H2,1-4H3. The number of benzene rings is 3. The second-order valence-corrected chi connectivity index (χ2v) is 8.34. The van der Waals surface area contributed by atoms with Crippen molar-refractivity contribution >= 4 is 22.8 Å². The van der Waals surface area contributed by atoms with Crippen LogP contribution in [-0.4, -0.2) is 39.6 Å². The molecule has 0 saturated carbocycles. The monoisotopic (exact) mass is 485 g/mol. The fraction of sp³-hybridized carbons (Fsp3) is 0.214. The number of ether oxygens (including phenoxy) is 5. The van der Waals surface area contributed by atoms with Gasteiger partial charge in [-0.05, 0) is 24.3 Å². The molecule has 0 fully saturated rings. The molecule has 2 N–H and O–H groups in total. The van der Waals surface area contributed by atoms with Crippen molar-refractivity contribution in [2.24, 2.45) is 10.7 Å². The third-order valence-corrected chi connectivity index (χ3v) is 6.42. The van der Waals surface area contributed by atoms with Gasteiger partial charge in [-0.15, -0.1) is 0 Å². The van der Waals surface area contributed by atoms with E-state index in [1.807, 2.05) is 60.8 Å². The molecule has 36 heavy (non-hydrogen) atoms. The summed E-state index contributed by atoms with van der Waals surface area (Å²) in [5.74, 6) is 3.60. The molecule has 8 heteroatoms. The number of aliphatic imine (C=N–C) groups is 1. The lowest BCUT2D eigenvalue weighted by molar-refractivity contribution is 0.353. The Labute approximate surface area is 209 Å². The van der Waals surface area contributed by atoms with E-state index in [-0.39, 0.29) is 0 Å². The highest BCUT2D eigenvalue weighted by Crippen LogP contribution is 2.47.